The van der Waals surface area contributed by atoms with E-state index in [0.717, 1.165) is 11.1 Å². The molecule has 2 rings (SSSR count). The van der Waals surface area contributed by atoms with Gasteiger partial charge in [0.05, 0.1) is 12.2 Å². The molecule has 0 saturated carbocycles. The quantitative estimate of drug-likeness (QED) is 0.868. The number of fused-ring (bicyclic) bond motifs is 1. The first kappa shape index (κ1) is 13.1. The lowest BCUT2D eigenvalue weighted by Crippen LogP contribution is -2.11. The summed E-state index contributed by atoms with van der Waals surface area (Å²) in [4.78, 5) is 0. The Morgan fingerprint density at radius 3 is 2.22 bits per heavy atom. The van der Waals surface area contributed by atoms with Gasteiger partial charge in [0, 0.05) is 0 Å². The summed E-state index contributed by atoms with van der Waals surface area (Å²) in [7, 11) is 0. The maximum Gasteiger partial charge on any atom is 0.0552 e. The Labute approximate surface area is 108 Å². The molecule has 0 aliphatic rings. The van der Waals surface area contributed by atoms with Crippen LogP contribution >= 0.6 is 0 Å². The lowest BCUT2D eigenvalue weighted by molar-refractivity contribution is 0.189. The highest BCUT2D eigenvalue weighted by Crippen LogP contribution is 2.25. The minimum absolute atomic E-state index is 0.362. The number of benzene rings is 2. The summed E-state index contributed by atoms with van der Waals surface area (Å²) in [5.41, 5.74) is 2.29. The van der Waals surface area contributed by atoms with Crippen molar-refractivity contribution < 1.29 is 10.2 Å². The van der Waals surface area contributed by atoms with Gasteiger partial charge in [0.25, 0.3) is 0 Å². The summed E-state index contributed by atoms with van der Waals surface area (Å²) in [6, 6.07) is 12.3. The van der Waals surface area contributed by atoms with Gasteiger partial charge in [-0.1, -0.05) is 36.4 Å². The van der Waals surface area contributed by atoms with Crippen LogP contribution in [0.1, 0.15) is 25.0 Å². The van der Waals surface area contributed by atoms with E-state index < -0.39 is 0 Å². The minimum Gasteiger partial charge on any atom is -0.393 e. The van der Waals surface area contributed by atoms with Gasteiger partial charge in [-0.25, -0.2) is 0 Å². The molecule has 0 fully saturated rings. The van der Waals surface area contributed by atoms with E-state index in [1.54, 1.807) is 13.8 Å². The molecule has 0 aliphatic heterocycles. The van der Waals surface area contributed by atoms with Crippen LogP contribution in [0.2, 0.25) is 0 Å². The van der Waals surface area contributed by atoms with Gasteiger partial charge >= 0.3 is 0 Å². The number of aliphatic hydroxyl groups is 2. The van der Waals surface area contributed by atoms with Crippen LogP contribution in [0.4, 0.5) is 0 Å². The Morgan fingerprint density at radius 2 is 1.56 bits per heavy atom. The normalized spacial score (nSPS) is 14.7. The first-order valence-electron chi connectivity index (χ1n) is 6.43. The van der Waals surface area contributed by atoms with Gasteiger partial charge in [-0.3, -0.25) is 0 Å². The van der Waals surface area contributed by atoms with E-state index >= 15 is 0 Å². The van der Waals surface area contributed by atoms with Crippen LogP contribution in [0.25, 0.3) is 10.8 Å². The molecule has 2 N–H and O–H groups in total. The molecule has 0 amide bonds. The fourth-order valence-corrected chi connectivity index (χ4v) is 2.43. The predicted octanol–water partition coefficient (Wildman–Crippen LogP) is 2.69. The second-order valence-corrected chi connectivity index (χ2v) is 5.03. The third kappa shape index (κ3) is 2.89. The average Bonchev–Trinajstić information content (AvgIpc) is 2.31. The zero-order chi connectivity index (χ0) is 13.1. The summed E-state index contributed by atoms with van der Waals surface area (Å²) in [6.07, 6.45) is 0.526. The largest absolute Gasteiger partial charge is 0.393 e. The van der Waals surface area contributed by atoms with E-state index in [9.17, 15) is 10.2 Å². The smallest absolute Gasteiger partial charge is 0.0552 e. The summed E-state index contributed by atoms with van der Waals surface area (Å²) in [6.45, 7) is 3.59. The molecule has 2 aromatic carbocycles. The molecular weight excluding hydrogens is 224 g/mol. The second kappa shape index (κ2) is 5.51. The highest BCUT2D eigenvalue weighted by Gasteiger charge is 2.11. The lowest BCUT2D eigenvalue weighted by atomic mass is 9.92. The molecule has 2 heteroatoms. The lowest BCUT2D eigenvalue weighted by Gasteiger charge is -2.15. The molecule has 96 valence electrons. The van der Waals surface area contributed by atoms with Crippen molar-refractivity contribution in [2.45, 2.75) is 38.9 Å². The molecular formula is C16H20O2. The van der Waals surface area contributed by atoms with Crippen LogP contribution in [0.15, 0.2) is 36.4 Å². The number of rotatable bonds is 4. The van der Waals surface area contributed by atoms with Crippen LogP contribution in [0.3, 0.4) is 0 Å². The fourth-order valence-electron chi connectivity index (χ4n) is 2.43. The third-order valence-electron chi connectivity index (χ3n) is 3.15. The topological polar surface area (TPSA) is 40.5 Å². The molecule has 0 spiro atoms. The Morgan fingerprint density at radius 1 is 0.889 bits per heavy atom. The SMILES string of the molecule is CC(O)Cc1ccc2ccccc2c1CC(C)O. The molecule has 2 nitrogen and oxygen atoms in total. The van der Waals surface area contributed by atoms with Crippen LogP contribution in [0.5, 0.6) is 0 Å². The van der Waals surface area contributed by atoms with Crippen molar-refractivity contribution in [2.24, 2.45) is 0 Å². The molecule has 0 aliphatic carbocycles. The average molecular weight is 244 g/mol. The maximum absolute atomic E-state index is 9.66. The van der Waals surface area contributed by atoms with E-state index in [2.05, 4.69) is 24.3 Å². The number of aliphatic hydroxyl groups excluding tert-OH is 2. The van der Waals surface area contributed by atoms with E-state index in [1.807, 2.05) is 12.1 Å². The van der Waals surface area contributed by atoms with Crippen molar-refractivity contribution in [3.8, 4) is 0 Å². The van der Waals surface area contributed by atoms with E-state index in [0.29, 0.717) is 12.8 Å². The van der Waals surface area contributed by atoms with Crippen molar-refractivity contribution in [1.82, 2.24) is 0 Å². The summed E-state index contributed by atoms with van der Waals surface area (Å²) in [5.74, 6) is 0. The van der Waals surface area contributed by atoms with Crippen molar-refractivity contribution in [3.63, 3.8) is 0 Å². The molecule has 0 heterocycles. The van der Waals surface area contributed by atoms with E-state index in [4.69, 9.17) is 0 Å². The minimum atomic E-state index is -0.372. The summed E-state index contributed by atoms with van der Waals surface area (Å²) < 4.78 is 0. The van der Waals surface area contributed by atoms with E-state index in [-0.39, 0.29) is 12.2 Å². The maximum atomic E-state index is 9.66. The van der Waals surface area contributed by atoms with Crippen molar-refractivity contribution in [2.75, 3.05) is 0 Å². The highest BCUT2D eigenvalue weighted by molar-refractivity contribution is 5.86. The standard InChI is InChI=1S/C16H20O2/c1-11(17)9-14-8-7-13-5-3-4-6-15(13)16(14)10-12(2)18/h3-8,11-12,17-18H,9-10H2,1-2H3. The third-order valence-corrected chi connectivity index (χ3v) is 3.15. The molecule has 0 radical (unpaired) electrons. The molecule has 2 aromatic rings. The van der Waals surface area contributed by atoms with Crippen LogP contribution in [-0.2, 0) is 12.8 Å². The Balaban J connectivity index is 2.55. The number of hydrogen-bond acceptors (Lipinski definition) is 2. The number of hydrogen-bond donors (Lipinski definition) is 2. The molecule has 0 aromatic heterocycles. The fraction of sp³-hybridized carbons (Fsp3) is 0.375. The van der Waals surface area contributed by atoms with Crippen molar-refractivity contribution in [1.29, 1.82) is 0 Å². The van der Waals surface area contributed by atoms with Crippen LogP contribution in [0, 0.1) is 0 Å². The Hall–Kier alpha value is -1.38. The first-order valence-corrected chi connectivity index (χ1v) is 6.43. The Kier molecular flexibility index (Phi) is 4.00. The Bertz CT molecular complexity index is 530. The summed E-state index contributed by atoms with van der Waals surface area (Å²) >= 11 is 0. The first-order chi connectivity index (χ1) is 8.58. The van der Waals surface area contributed by atoms with Gasteiger partial charge in [0.15, 0.2) is 0 Å². The molecule has 2 atom stereocenters. The zero-order valence-corrected chi connectivity index (χ0v) is 10.9. The predicted molar refractivity (Wildman–Crippen MR) is 74.7 cm³/mol. The highest BCUT2D eigenvalue weighted by atomic mass is 16.3. The van der Waals surface area contributed by atoms with Gasteiger partial charge in [-0.2, -0.15) is 0 Å². The molecule has 0 bridgehead atoms. The van der Waals surface area contributed by atoms with Gasteiger partial charge < -0.3 is 10.2 Å². The van der Waals surface area contributed by atoms with E-state index in [1.165, 1.54) is 10.8 Å². The van der Waals surface area contributed by atoms with Crippen LogP contribution in [-0.4, -0.2) is 22.4 Å². The molecule has 2 unspecified atom stereocenters. The molecule has 0 saturated heterocycles. The zero-order valence-electron chi connectivity index (χ0n) is 10.9. The molecule has 18 heavy (non-hydrogen) atoms. The second-order valence-electron chi connectivity index (χ2n) is 5.03. The monoisotopic (exact) mass is 244 g/mol. The van der Waals surface area contributed by atoms with Crippen molar-refractivity contribution >= 4 is 10.8 Å². The van der Waals surface area contributed by atoms with Gasteiger partial charge in [-0.15, -0.1) is 0 Å². The summed E-state index contributed by atoms with van der Waals surface area (Å²) in [5, 5.41) is 21.6. The van der Waals surface area contributed by atoms with Gasteiger partial charge in [0.1, 0.15) is 0 Å². The van der Waals surface area contributed by atoms with Gasteiger partial charge in [0.2, 0.25) is 0 Å². The van der Waals surface area contributed by atoms with Gasteiger partial charge in [-0.05, 0) is 48.6 Å². The van der Waals surface area contributed by atoms with Crippen LogP contribution < -0.4 is 0 Å². The van der Waals surface area contributed by atoms with Crippen molar-refractivity contribution in [3.05, 3.63) is 47.5 Å².